The van der Waals surface area contributed by atoms with Crippen LogP contribution in [-0.2, 0) is 0 Å². The van der Waals surface area contributed by atoms with Crippen molar-refractivity contribution in [3.8, 4) is 0 Å². The van der Waals surface area contributed by atoms with Crippen molar-refractivity contribution in [1.29, 1.82) is 0 Å². The molecule has 2 rings (SSSR count). The molecule has 0 bridgehead atoms. The molecule has 1 aromatic carbocycles. The lowest BCUT2D eigenvalue weighted by Gasteiger charge is -2.21. The molecule has 2 N–H and O–H groups in total. The van der Waals surface area contributed by atoms with Gasteiger partial charge in [-0.25, -0.2) is 0 Å². The molecule has 0 amide bonds. The van der Waals surface area contributed by atoms with Gasteiger partial charge in [-0.05, 0) is 56.8 Å². The largest absolute Gasteiger partial charge is 0.314 e. The molecule has 3 heteroatoms. The summed E-state index contributed by atoms with van der Waals surface area (Å²) in [4.78, 5) is 1.34. The van der Waals surface area contributed by atoms with Crippen LogP contribution < -0.4 is 10.6 Å². The van der Waals surface area contributed by atoms with E-state index in [4.69, 9.17) is 0 Å². The van der Waals surface area contributed by atoms with E-state index in [2.05, 4.69) is 48.2 Å². The van der Waals surface area contributed by atoms with Gasteiger partial charge in [-0.3, -0.25) is 0 Å². The molecule has 1 saturated heterocycles. The summed E-state index contributed by atoms with van der Waals surface area (Å²) < 4.78 is 0. The van der Waals surface area contributed by atoms with Crippen molar-refractivity contribution in [2.24, 2.45) is 0 Å². The molecule has 0 aliphatic carbocycles. The molecule has 2 unspecified atom stereocenters. The molecule has 1 aromatic rings. The van der Waals surface area contributed by atoms with E-state index in [0.717, 1.165) is 0 Å². The van der Waals surface area contributed by atoms with Crippen molar-refractivity contribution >= 4 is 11.8 Å². The Labute approximate surface area is 109 Å². The molecule has 1 aliphatic heterocycles. The predicted molar refractivity (Wildman–Crippen MR) is 75.7 cm³/mol. The zero-order chi connectivity index (χ0) is 12.1. The van der Waals surface area contributed by atoms with E-state index < -0.39 is 0 Å². The minimum atomic E-state index is 0.474. The first-order valence-electron chi connectivity index (χ1n) is 6.38. The SMILES string of the molecule is CNC(CC1CCCN1)c1ccc(SC)cc1. The Morgan fingerprint density at radius 3 is 2.71 bits per heavy atom. The van der Waals surface area contributed by atoms with Crippen molar-refractivity contribution in [1.82, 2.24) is 10.6 Å². The van der Waals surface area contributed by atoms with Gasteiger partial charge >= 0.3 is 0 Å². The lowest BCUT2D eigenvalue weighted by molar-refractivity contribution is 0.453. The van der Waals surface area contributed by atoms with Gasteiger partial charge in [0.1, 0.15) is 0 Å². The summed E-state index contributed by atoms with van der Waals surface area (Å²) in [5.74, 6) is 0. The Hall–Kier alpha value is -0.510. The Morgan fingerprint density at radius 1 is 1.41 bits per heavy atom. The average Bonchev–Trinajstić information content (AvgIpc) is 2.89. The number of thioether (sulfide) groups is 1. The van der Waals surface area contributed by atoms with E-state index in [1.807, 2.05) is 0 Å². The highest BCUT2D eigenvalue weighted by atomic mass is 32.2. The van der Waals surface area contributed by atoms with Crippen LogP contribution >= 0.6 is 11.8 Å². The topological polar surface area (TPSA) is 24.1 Å². The number of nitrogens with one attached hydrogen (secondary N) is 2. The van der Waals surface area contributed by atoms with Crippen molar-refractivity contribution < 1.29 is 0 Å². The third-order valence-electron chi connectivity index (χ3n) is 3.55. The van der Waals surface area contributed by atoms with Crippen LogP contribution in [0.15, 0.2) is 29.2 Å². The minimum Gasteiger partial charge on any atom is -0.314 e. The standard InChI is InChI=1S/C14H22N2S/c1-15-14(10-12-4-3-9-16-12)11-5-7-13(17-2)8-6-11/h5-8,12,14-16H,3-4,9-10H2,1-2H3. The predicted octanol–water partition coefficient (Wildman–Crippen LogP) is 2.81. The van der Waals surface area contributed by atoms with E-state index in [-0.39, 0.29) is 0 Å². The fraction of sp³-hybridized carbons (Fsp3) is 0.571. The highest BCUT2D eigenvalue weighted by Crippen LogP contribution is 2.24. The van der Waals surface area contributed by atoms with E-state index >= 15 is 0 Å². The second kappa shape index (κ2) is 6.43. The van der Waals surface area contributed by atoms with E-state index in [1.54, 1.807) is 11.8 Å². The van der Waals surface area contributed by atoms with Gasteiger partial charge in [-0.15, -0.1) is 11.8 Å². The maximum atomic E-state index is 3.57. The average molecular weight is 250 g/mol. The van der Waals surface area contributed by atoms with Gasteiger partial charge in [-0.2, -0.15) is 0 Å². The first kappa shape index (κ1) is 12.9. The zero-order valence-electron chi connectivity index (χ0n) is 10.7. The fourth-order valence-corrected chi connectivity index (χ4v) is 2.91. The van der Waals surface area contributed by atoms with Gasteiger partial charge < -0.3 is 10.6 Å². The summed E-state index contributed by atoms with van der Waals surface area (Å²) in [6, 6.07) is 10.1. The maximum Gasteiger partial charge on any atom is 0.0332 e. The van der Waals surface area contributed by atoms with Crippen LogP contribution in [0.5, 0.6) is 0 Å². The van der Waals surface area contributed by atoms with Crippen LogP contribution in [-0.4, -0.2) is 25.9 Å². The molecule has 1 aliphatic rings. The molecule has 2 atom stereocenters. The van der Waals surface area contributed by atoms with Gasteiger partial charge in [0.15, 0.2) is 0 Å². The molecular weight excluding hydrogens is 228 g/mol. The monoisotopic (exact) mass is 250 g/mol. The van der Waals surface area contributed by atoms with Gasteiger partial charge in [0.05, 0.1) is 0 Å². The third-order valence-corrected chi connectivity index (χ3v) is 4.29. The van der Waals surface area contributed by atoms with Crippen LogP contribution in [0.3, 0.4) is 0 Å². The molecular formula is C14H22N2S. The highest BCUT2D eigenvalue weighted by molar-refractivity contribution is 7.98. The third kappa shape index (κ3) is 3.47. The number of benzene rings is 1. The quantitative estimate of drug-likeness (QED) is 0.786. The normalized spacial score (nSPS) is 21.6. The van der Waals surface area contributed by atoms with Crippen molar-refractivity contribution in [2.75, 3.05) is 19.8 Å². The number of hydrogen-bond donors (Lipinski definition) is 2. The lowest BCUT2D eigenvalue weighted by atomic mass is 9.99. The molecule has 94 valence electrons. The summed E-state index contributed by atoms with van der Waals surface area (Å²) in [5, 5.41) is 7.01. The minimum absolute atomic E-state index is 0.474. The second-order valence-electron chi connectivity index (χ2n) is 4.64. The molecule has 17 heavy (non-hydrogen) atoms. The summed E-state index contributed by atoms with van der Waals surface area (Å²) in [6.45, 7) is 1.19. The number of rotatable bonds is 5. The Kier molecular flexibility index (Phi) is 4.89. The van der Waals surface area contributed by atoms with E-state index in [9.17, 15) is 0 Å². The maximum absolute atomic E-state index is 3.57. The molecule has 2 nitrogen and oxygen atoms in total. The zero-order valence-corrected chi connectivity index (χ0v) is 11.5. The lowest BCUT2D eigenvalue weighted by Crippen LogP contribution is -2.28. The number of hydrogen-bond acceptors (Lipinski definition) is 3. The summed E-state index contributed by atoms with van der Waals surface area (Å²) in [5.41, 5.74) is 1.40. The van der Waals surface area contributed by atoms with Gasteiger partial charge in [0.25, 0.3) is 0 Å². The first-order chi connectivity index (χ1) is 8.33. The highest BCUT2D eigenvalue weighted by Gasteiger charge is 2.19. The molecule has 0 aromatic heterocycles. The van der Waals surface area contributed by atoms with Crippen LogP contribution in [0.4, 0.5) is 0 Å². The van der Waals surface area contributed by atoms with Crippen molar-refractivity contribution in [3.05, 3.63) is 29.8 Å². The van der Waals surface area contributed by atoms with Gasteiger partial charge in [-0.1, -0.05) is 12.1 Å². The van der Waals surface area contributed by atoms with Crippen molar-refractivity contribution in [2.45, 2.75) is 36.2 Å². The second-order valence-corrected chi connectivity index (χ2v) is 5.52. The molecule has 1 fully saturated rings. The Bertz CT molecular complexity index is 331. The van der Waals surface area contributed by atoms with Crippen LogP contribution in [0, 0.1) is 0 Å². The summed E-state index contributed by atoms with van der Waals surface area (Å²) in [7, 11) is 2.06. The molecule has 0 saturated carbocycles. The Morgan fingerprint density at radius 2 is 2.18 bits per heavy atom. The molecule has 0 radical (unpaired) electrons. The molecule has 1 heterocycles. The van der Waals surface area contributed by atoms with Crippen LogP contribution in [0.1, 0.15) is 30.9 Å². The van der Waals surface area contributed by atoms with Gasteiger partial charge in [0, 0.05) is 17.0 Å². The van der Waals surface area contributed by atoms with Gasteiger partial charge in [0.2, 0.25) is 0 Å². The first-order valence-corrected chi connectivity index (χ1v) is 7.60. The van der Waals surface area contributed by atoms with E-state index in [1.165, 1.54) is 36.3 Å². The summed E-state index contributed by atoms with van der Waals surface area (Å²) >= 11 is 1.80. The van der Waals surface area contributed by atoms with Crippen LogP contribution in [0.2, 0.25) is 0 Å². The summed E-state index contributed by atoms with van der Waals surface area (Å²) in [6.07, 6.45) is 5.95. The van der Waals surface area contributed by atoms with Crippen LogP contribution in [0.25, 0.3) is 0 Å². The Balaban J connectivity index is 2.00. The molecule has 0 spiro atoms. The fourth-order valence-electron chi connectivity index (χ4n) is 2.50. The van der Waals surface area contributed by atoms with E-state index in [0.29, 0.717) is 12.1 Å². The van der Waals surface area contributed by atoms with Crippen molar-refractivity contribution in [3.63, 3.8) is 0 Å². The smallest absolute Gasteiger partial charge is 0.0332 e.